The molecule has 1 heterocycles. The molecule has 2 N–H and O–H groups in total. The molecule has 0 amide bonds. The second-order valence-electron chi connectivity index (χ2n) is 3.04. The third-order valence-electron chi connectivity index (χ3n) is 1.59. The van der Waals surface area contributed by atoms with Gasteiger partial charge in [0.2, 0.25) is 5.89 Å². The summed E-state index contributed by atoms with van der Waals surface area (Å²) >= 11 is 0. The van der Waals surface area contributed by atoms with E-state index in [2.05, 4.69) is 15.5 Å². The molecule has 1 aromatic heterocycles. The SMILES string of the molecule is Cc1nc(CNCCC(C)O)no1. The summed E-state index contributed by atoms with van der Waals surface area (Å²) < 4.78 is 4.79. The standard InChI is InChI=1S/C8H15N3O2/c1-6(12)3-4-9-5-8-10-7(2)13-11-8/h6,9,12H,3-5H2,1-2H3. The van der Waals surface area contributed by atoms with Gasteiger partial charge >= 0.3 is 0 Å². The number of hydrogen-bond acceptors (Lipinski definition) is 5. The van der Waals surface area contributed by atoms with Gasteiger partial charge in [-0.05, 0) is 19.9 Å². The van der Waals surface area contributed by atoms with Crippen LogP contribution in [0.3, 0.4) is 0 Å². The molecule has 0 bridgehead atoms. The predicted octanol–water partition coefficient (Wildman–Crippen LogP) is 0.239. The minimum Gasteiger partial charge on any atom is -0.393 e. The van der Waals surface area contributed by atoms with Gasteiger partial charge in [0.1, 0.15) is 0 Å². The first-order valence-corrected chi connectivity index (χ1v) is 4.36. The normalized spacial score (nSPS) is 13.2. The van der Waals surface area contributed by atoms with Crippen LogP contribution >= 0.6 is 0 Å². The van der Waals surface area contributed by atoms with E-state index in [0.29, 0.717) is 18.3 Å². The number of aliphatic hydroxyl groups excluding tert-OH is 1. The van der Waals surface area contributed by atoms with E-state index in [9.17, 15) is 0 Å². The summed E-state index contributed by atoms with van der Waals surface area (Å²) in [5.74, 6) is 1.23. The Balaban J connectivity index is 2.13. The second-order valence-corrected chi connectivity index (χ2v) is 3.04. The average molecular weight is 185 g/mol. The van der Waals surface area contributed by atoms with Gasteiger partial charge in [-0.15, -0.1) is 0 Å². The van der Waals surface area contributed by atoms with Crippen molar-refractivity contribution in [2.24, 2.45) is 0 Å². The van der Waals surface area contributed by atoms with Crippen LogP contribution in [0.25, 0.3) is 0 Å². The van der Waals surface area contributed by atoms with E-state index >= 15 is 0 Å². The van der Waals surface area contributed by atoms with Crippen molar-refractivity contribution in [2.75, 3.05) is 6.54 Å². The smallest absolute Gasteiger partial charge is 0.223 e. The van der Waals surface area contributed by atoms with Crippen LogP contribution in [0.15, 0.2) is 4.52 Å². The third kappa shape index (κ3) is 4.00. The number of nitrogens with zero attached hydrogens (tertiary/aromatic N) is 2. The monoisotopic (exact) mass is 185 g/mol. The maximum Gasteiger partial charge on any atom is 0.223 e. The number of hydrogen-bond donors (Lipinski definition) is 2. The summed E-state index contributed by atoms with van der Waals surface area (Å²) in [7, 11) is 0. The van der Waals surface area contributed by atoms with Crippen molar-refractivity contribution in [3.8, 4) is 0 Å². The van der Waals surface area contributed by atoms with E-state index in [0.717, 1.165) is 13.0 Å². The van der Waals surface area contributed by atoms with Crippen molar-refractivity contribution in [3.63, 3.8) is 0 Å². The van der Waals surface area contributed by atoms with Gasteiger partial charge < -0.3 is 14.9 Å². The molecule has 0 aliphatic carbocycles. The number of aromatic nitrogens is 2. The van der Waals surface area contributed by atoms with E-state index < -0.39 is 0 Å². The lowest BCUT2D eigenvalue weighted by molar-refractivity contribution is 0.183. The maximum atomic E-state index is 8.96. The Morgan fingerprint density at radius 1 is 1.62 bits per heavy atom. The van der Waals surface area contributed by atoms with Gasteiger partial charge in [0.25, 0.3) is 0 Å². The molecule has 74 valence electrons. The van der Waals surface area contributed by atoms with Gasteiger partial charge in [-0.2, -0.15) is 4.98 Å². The zero-order valence-electron chi connectivity index (χ0n) is 7.95. The van der Waals surface area contributed by atoms with E-state index in [-0.39, 0.29) is 6.10 Å². The molecule has 5 nitrogen and oxygen atoms in total. The van der Waals surface area contributed by atoms with Crippen LogP contribution in [0, 0.1) is 6.92 Å². The van der Waals surface area contributed by atoms with Gasteiger partial charge in [-0.3, -0.25) is 0 Å². The molecule has 5 heteroatoms. The Morgan fingerprint density at radius 3 is 2.92 bits per heavy atom. The summed E-state index contributed by atoms with van der Waals surface area (Å²) in [5.41, 5.74) is 0. The molecular formula is C8H15N3O2. The summed E-state index contributed by atoms with van der Waals surface area (Å²) in [4.78, 5) is 4.02. The molecule has 1 aromatic rings. The molecule has 1 unspecified atom stereocenters. The Bertz CT molecular complexity index is 247. The third-order valence-corrected chi connectivity index (χ3v) is 1.59. The minimum atomic E-state index is -0.264. The zero-order chi connectivity index (χ0) is 9.68. The molecule has 1 rings (SSSR count). The summed E-state index contributed by atoms with van der Waals surface area (Å²) in [6.45, 7) is 4.86. The highest BCUT2D eigenvalue weighted by molar-refractivity contribution is 4.82. The van der Waals surface area contributed by atoms with Gasteiger partial charge in [0.05, 0.1) is 12.6 Å². The van der Waals surface area contributed by atoms with E-state index in [1.165, 1.54) is 0 Å². The van der Waals surface area contributed by atoms with Gasteiger partial charge in [0.15, 0.2) is 5.82 Å². The fraction of sp³-hybridized carbons (Fsp3) is 0.750. The molecule has 0 radical (unpaired) electrons. The van der Waals surface area contributed by atoms with Crippen molar-refractivity contribution in [2.45, 2.75) is 32.9 Å². The molecule has 0 aromatic carbocycles. The van der Waals surface area contributed by atoms with E-state index in [1.54, 1.807) is 13.8 Å². The molecule has 0 fully saturated rings. The number of aryl methyl sites for hydroxylation is 1. The lowest BCUT2D eigenvalue weighted by Crippen LogP contribution is -2.19. The van der Waals surface area contributed by atoms with Crippen molar-refractivity contribution in [1.82, 2.24) is 15.5 Å². The van der Waals surface area contributed by atoms with Crippen molar-refractivity contribution >= 4 is 0 Å². The number of nitrogens with one attached hydrogen (secondary N) is 1. The summed E-state index contributed by atoms with van der Waals surface area (Å²) in [6, 6.07) is 0. The van der Waals surface area contributed by atoms with Crippen molar-refractivity contribution in [3.05, 3.63) is 11.7 Å². The van der Waals surface area contributed by atoms with Crippen molar-refractivity contribution < 1.29 is 9.63 Å². The topological polar surface area (TPSA) is 71.2 Å². The van der Waals surface area contributed by atoms with E-state index in [4.69, 9.17) is 9.63 Å². The molecule has 0 aliphatic rings. The summed E-state index contributed by atoms with van der Waals surface area (Å²) in [6.07, 6.45) is 0.469. The highest BCUT2D eigenvalue weighted by Gasteiger charge is 2.01. The van der Waals surface area contributed by atoms with Crippen LogP contribution in [0.2, 0.25) is 0 Å². The van der Waals surface area contributed by atoms with Gasteiger partial charge in [-0.25, -0.2) is 0 Å². The van der Waals surface area contributed by atoms with Crippen LogP contribution in [0.4, 0.5) is 0 Å². The first kappa shape index (κ1) is 10.1. The van der Waals surface area contributed by atoms with Crippen LogP contribution in [0.1, 0.15) is 25.1 Å². The average Bonchev–Trinajstić information content (AvgIpc) is 2.45. The lowest BCUT2D eigenvalue weighted by Gasteiger charge is -2.03. The Kier molecular flexibility index (Phi) is 3.85. The highest BCUT2D eigenvalue weighted by atomic mass is 16.5. The Morgan fingerprint density at radius 2 is 2.38 bits per heavy atom. The molecule has 0 saturated heterocycles. The van der Waals surface area contributed by atoms with Gasteiger partial charge in [-0.1, -0.05) is 5.16 Å². The summed E-state index contributed by atoms with van der Waals surface area (Å²) in [5, 5.41) is 15.8. The fourth-order valence-electron chi connectivity index (χ4n) is 0.924. The second kappa shape index (κ2) is 4.94. The van der Waals surface area contributed by atoms with Crippen molar-refractivity contribution in [1.29, 1.82) is 0 Å². The largest absolute Gasteiger partial charge is 0.393 e. The minimum absolute atomic E-state index is 0.264. The fourth-order valence-corrected chi connectivity index (χ4v) is 0.924. The van der Waals surface area contributed by atoms with Crippen LogP contribution < -0.4 is 5.32 Å². The molecular weight excluding hydrogens is 170 g/mol. The van der Waals surface area contributed by atoms with Crippen LogP contribution in [-0.4, -0.2) is 27.9 Å². The predicted molar refractivity (Wildman–Crippen MR) is 47.0 cm³/mol. The van der Waals surface area contributed by atoms with Crippen LogP contribution in [0.5, 0.6) is 0 Å². The first-order chi connectivity index (χ1) is 6.18. The molecule has 13 heavy (non-hydrogen) atoms. The molecule has 0 spiro atoms. The van der Waals surface area contributed by atoms with Gasteiger partial charge in [0, 0.05) is 6.92 Å². The highest BCUT2D eigenvalue weighted by Crippen LogP contribution is 1.94. The number of aliphatic hydroxyl groups is 1. The first-order valence-electron chi connectivity index (χ1n) is 4.36. The molecule has 0 saturated carbocycles. The van der Waals surface area contributed by atoms with Crippen LogP contribution in [-0.2, 0) is 6.54 Å². The molecule has 1 atom stereocenters. The Hall–Kier alpha value is -0.940. The molecule has 0 aliphatic heterocycles. The lowest BCUT2D eigenvalue weighted by atomic mass is 10.3. The Labute approximate surface area is 77.2 Å². The zero-order valence-corrected chi connectivity index (χ0v) is 7.95. The number of rotatable bonds is 5. The maximum absolute atomic E-state index is 8.96. The van der Waals surface area contributed by atoms with E-state index in [1.807, 2.05) is 0 Å². The quantitative estimate of drug-likeness (QED) is 0.643.